The summed E-state index contributed by atoms with van der Waals surface area (Å²) in [4.78, 5) is 4.41. The van der Waals surface area contributed by atoms with Crippen LogP contribution in [0.25, 0.3) is 0 Å². The van der Waals surface area contributed by atoms with E-state index in [-0.39, 0.29) is 0 Å². The Bertz CT molecular complexity index is 232. The Kier molecular flexibility index (Phi) is 3.58. The normalized spacial score (nSPS) is 20.5. The summed E-state index contributed by atoms with van der Waals surface area (Å²) in [5, 5.41) is 0. The van der Waals surface area contributed by atoms with Gasteiger partial charge >= 0.3 is 36.4 Å². The first-order valence-electron chi connectivity index (χ1n) is 3.97. The molecule has 1 aliphatic rings. The topological polar surface area (TPSA) is 6.48 Å². The zero-order valence-electron chi connectivity index (χ0n) is 8.18. The van der Waals surface area contributed by atoms with Gasteiger partial charge in [0, 0.05) is 26.0 Å². The Morgan fingerprint density at radius 3 is 1.60 bits per heavy atom. The summed E-state index contributed by atoms with van der Waals surface area (Å²) in [5.41, 5.74) is 0. The first-order valence-corrected chi connectivity index (χ1v) is 9.76. The van der Waals surface area contributed by atoms with E-state index in [9.17, 15) is 16.9 Å². The molecule has 0 bridgehead atoms. The van der Waals surface area contributed by atoms with Crippen LogP contribution in [-0.4, -0.2) is 49.5 Å². The minimum atomic E-state index is -11.2. The van der Waals surface area contributed by atoms with Crippen LogP contribution >= 0.6 is 0 Å². The number of nitrogens with zero attached hydrogens (tertiary/aromatic N) is 2. The van der Waals surface area contributed by atoms with E-state index in [2.05, 4.69) is 36.2 Å². The van der Waals surface area contributed by atoms with Crippen LogP contribution in [-0.2, 0) is 0 Å². The summed E-state index contributed by atoms with van der Waals surface area (Å²) in [7, 11) is 2.08. The molecular formula is C6H12F6N2Sb-. The van der Waals surface area contributed by atoms with Crippen molar-refractivity contribution in [2.45, 2.75) is 6.92 Å². The van der Waals surface area contributed by atoms with Crippen molar-refractivity contribution in [3.8, 4) is 0 Å². The van der Waals surface area contributed by atoms with E-state index in [0.717, 1.165) is 13.2 Å². The fourth-order valence-electron chi connectivity index (χ4n) is 0.794. The van der Waals surface area contributed by atoms with Gasteiger partial charge in [0.1, 0.15) is 0 Å². The molecule has 0 amide bonds. The average molecular weight is 348 g/mol. The van der Waals surface area contributed by atoms with E-state index >= 15 is 0 Å². The molecule has 0 unspecified atom stereocenters. The Morgan fingerprint density at radius 2 is 1.47 bits per heavy atom. The van der Waals surface area contributed by atoms with Crippen LogP contribution in [0.4, 0.5) is 16.9 Å². The van der Waals surface area contributed by atoms with Gasteiger partial charge in [-0.2, -0.15) is 0 Å². The maximum absolute atomic E-state index is 11.2. The molecule has 0 aromatic rings. The molecule has 0 N–H and O–H groups in total. The molecule has 15 heavy (non-hydrogen) atoms. The van der Waals surface area contributed by atoms with Gasteiger partial charge in [0.2, 0.25) is 0 Å². The van der Waals surface area contributed by atoms with Crippen LogP contribution in [0.2, 0.25) is 0 Å². The quantitative estimate of drug-likeness (QED) is 0.531. The molecule has 0 aromatic carbocycles. The van der Waals surface area contributed by atoms with Gasteiger partial charge in [-0.1, -0.05) is 0 Å². The fourth-order valence-corrected chi connectivity index (χ4v) is 0.794. The van der Waals surface area contributed by atoms with Gasteiger partial charge < -0.3 is 9.80 Å². The van der Waals surface area contributed by atoms with Crippen LogP contribution < -0.4 is 0 Å². The summed E-state index contributed by atoms with van der Waals surface area (Å²) in [6.45, 7) is 4.32. The Labute approximate surface area is 86.0 Å². The van der Waals surface area contributed by atoms with Crippen LogP contribution in [0.15, 0.2) is 12.4 Å². The zero-order chi connectivity index (χ0) is 12.4. The van der Waals surface area contributed by atoms with Crippen molar-refractivity contribution < 1.29 is 16.9 Å². The van der Waals surface area contributed by atoms with Gasteiger partial charge in [0.25, 0.3) is 0 Å². The van der Waals surface area contributed by atoms with Gasteiger partial charge in [0.15, 0.2) is 0 Å². The molecule has 1 aliphatic heterocycles. The maximum atomic E-state index is 9.93. The molecule has 0 saturated carbocycles. The van der Waals surface area contributed by atoms with E-state index in [1.54, 1.807) is 0 Å². The first kappa shape index (κ1) is 14.7. The SMILES string of the molecule is CCN1C=CN(C)C1.[F][Sb-]([F])([F])([F])([F])[F]. The van der Waals surface area contributed by atoms with Gasteiger partial charge in [-0.3, -0.25) is 0 Å². The van der Waals surface area contributed by atoms with Crippen molar-refractivity contribution in [2.75, 3.05) is 20.3 Å². The number of hydrogen-bond donors (Lipinski definition) is 0. The van der Waals surface area contributed by atoms with Gasteiger partial charge in [-0.15, -0.1) is 0 Å². The summed E-state index contributed by atoms with van der Waals surface area (Å²) in [6, 6.07) is 0. The van der Waals surface area contributed by atoms with E-state index in [4.69, 9.17) is 0 Å². The summed E-state index contributed by atoms with van der Waals surface area (Å²) < 4.78 is 59.6. The molecule has 1 rings (SSSR count). The second-order valence-corrected chi connectivity index (χ2v) is 8.53. The molecule has 0 aliphatic carbocycles. The Hall–Kier alpha value is -0.262. The van der Waals surface area contributed by atoms with Crippen molar-refractivity contribution in [1.82, 2.24) is 9.80 Å². The molecule has 2 nitrogen and oxygen atoms in total. The molecule has 0 aromatic heterocycles. The van der Waals surface area contributed by atoms with E-state index in [0.29, 0.717) is 0 Å². The molecule has 94 valence electrons. The van der Waals surface area contributed by atoms with Crippen molar-refractivity contribution in [3.05, 3.63) is 12.4 Å². The zero-order valence-corrected chi connectivity index (χ0v) is 10.7. The van der Waals surface area contributed by atoms with Crippen LogP contribution in [0, 0.1) is 0 Å². The Morgan fingerprint density at radius 1 is 1.07 bits per heavy atom. The molecule has 0 spiro atoms. The van der Waals surface area contributed by atoms with Gasteiger partial charge in [-0.05, 0) is 6.92 Å². The van der Waals surface area contributed by atoms with Gasteiger partial charge in [0.05, 0.1) is 6.67 Å². The number of rotatable bonds is 1. The summed E-state index contributed by atoms with van der Waals surface area (Å²) in [5.74, 6) is 0. The summed E-state index contributed by atoms with van der Waals surface area (Å²) in [6.07, 6.45) is 4.20. The van der Waals surface area contributed by atoms with E-state index in [1.165, 1.54) is 0 Å². The Balaban J connectivity index is 0.000000265. The predicted molar refractivity (Wildman–Crippen MR) is 46.6 cm³/mol. The second kappa shape index (κ2) is 3.64. The van der Waals surface area contributed by atoms with Crippen LogP contribution in [0.1, 0.15) is 6.92 Å². The van der Waals surface area contributed by atoms with Crippen molar-refractivity contribution >= 4 is 19.5 Å². The third-order valence-corrected chi connectivity index (χ3v) is 1.34. The number of halogens is 6. The fraction of sp³-hybridized carbons (Fsp3) is 0.667. The molecule has 1 heterocycles. The molecular weight excluding hydrogens is 336 g/mol. The predicted octanol–water partition coefficient (Wildman–Crippen LogP) is 2.82. The van der Waals surface area contributed by atoms with E-state index in [1.807, 2.05) is 0 Å². The molecule has 0 saturated heterocycles. The molecule has 0 fully saturated rings. The number of hydrogen-bond acceptors (Lipinski definition) is 2. The third kappa shape index (κ3) is 16.4. The monoisotopic (exact) mass is 347 g/mol. The standard InChI is InChI=1S/C6H12N2.6FH.Sb/c1-3-8-5-4-7(2)6-8;;;;;;;/h4-5H,3,6H2,1-2H3;6*1H;/q;;;;;;;+5/p-6. The second-order valence-electron chi connectivity index (χ2n) is 3.06. The first-order chi connectivity index (χ1) is 6.28. The van der Waals surface area contributed by atoms with Crippen molar-refractivity contribution in [3.63, 3.8) is 0 Å². The van der Waals surface area contributed by atoms with E-state index < -0.39 is 19.5 Å². The van der Waals surface area contributed by atoms with Crippen LogP contribution in [0.3, 0.4) is 0 Å². The van der Waals surface area contributed by atoms with Crippen LogP contribution in [0.5, 0.6) is 0 Å². The van der Waals surface area contributed by atoms with Crippen molar-refractivity contribution in [1.29, 1.82) is 0 Å². The molecule has 0 radical (unpaired) electrons. The van der Waals surface area contributed by atoms with Crippen molar-refractivity contribution in [2.24, 2.45) is 0 Å². The molecule has 9 heteroatoms. The minimum absolute atomic E-state index is 1.05. The van der Waals surface area contributed by atoms with Gasteiger partial charge in [-0.25, -0.2) is 0 Å². The third-order valence-electron chi connectivity index (χ3n) is 1.34. The molecule has 0 atom stereocenters. The summed E-state index contributed by atoms with van der Waals surface area (Å²) >= 11 is -11.2. The average Bonchev–Trinajstić information content (AvgIpc) is 2.28.